The number of rotatable bonds is 9. The van der Waals surface area contributed by atoms with Gasteiger partial charge in [0.1, 0.15) is 6.04 Å². The number of nitrogens with one attached hydrogen (secondary N) is 3. The van der Waals surface area contributed by atoms with Gasteiger partial charge in [-0.2, -0.15) is 0 Å². The summed E-state index contributed by atoms with van der Waals surface area (Å²) in [5.41, 5.74) is 2.06. The fourth-order valence-electron chi connectivity index (χ4n) is 3.63. The predicted octanol–water partition coefficient (Wildman–Crippen LogP) is 3.11. The molecule has 28 heavy (non-hydrogen) atoms. The first-order chi connectivity index (χ1) is 13.7. The van der Waals surface area contributed by atoms with Crippen LogP contribution in [0.1, 0.15) is 36.4 Å². The number of halogens is 1. The van der Waals surface area contributed by atoms with Gasteiger partial charge in [0.2, 0.25) is 5.91 Å². The summed E-state index contributed by atoms with van der Waals surface area (Å²) in [4.78, 5) is 16.9. The molecule has 1 aromatic carbocycles. The van der Waals surface area contributed by atoms with Crippen molar-refractivity contribution in [3.05, 3.63) is 64.9 Å². The molecule has 5 nitrogen and oxygen atoms in total. The molecular weight excluding hydrogens is 372 g/mol. The van der Waals surface area contributed by atoms with Crippen molar-refractivity contribution in [3.63, 3.8) is 0 Å². The minimum Gasteiger partial charge on any atom is -0.354 e. The van der Waals surface area contributed by atoms with E-state index in [-0.39, 0.29) is 5.91 Å². The third-order valence-corrected chi connectivity index (χ3v) is 5.50. The molecule has 1 aliphatic rings. The van der Waals surface area contributed by atoms with Crippen molar-refractivity contribution < 1.29 is 4.79 Å². The van der Waals surface area contributed by atoms with Gasteiger partial charge in [-0.05, 0) is 86.6 Å². The summed E-state index contributed by atoms with van der Waals surface area (Å²) in [6, 6.07) is 11.1. The number of pyridine rings is 1. The Morgan fingerprint density at radius 1 is 1.18 bits per heavy atom. The Kier molecular flexibility index (Phi) is 8.27. The Morgan fingerprint density at radius 2 is 1.96 bits per heavy atom. The molecule has 0 spiro atoms. The van der Waals surface area contributed by atoms with Crippen molar-refractivity contribution >= 4 is 17.5 Å². The highest BCUT2D eigenvalue weighted by Gasteiger charge is 2.21. The molecule has 1 fully saturated rings. The zero-order valence-electron chi connectivity index (χ0n) is 16.2. The molecule has 6 heteroatoms. The van der Waals surface area contributed by atoms with E-state index in [9.17, 15) is 4.79 Å². The highest BCUT2D eigenvalue weighted by atomic mass is 35.5. The summed E-state index contributed by atoms with van der Waals surface area (Å²) in [5, 5.41) is 10.6. The highest BCUT2D eigenvalue weighted by Crippen LogP contribution is 2.20. The second-order valence-electron chi connectivity index (χ2n) is 7.32. The van der Waals surface area contributed by atoms with E-state index in [1.54, 1.807) is 12.4 Å². The van der Waals surface area contributed by atoms with Crippen LogP contribution in [0.25, 0.3) is 0 Å². The largest absolute Gasteiger partial charge is 0.354 e. The number of amides is 1. The molecule has 150 valence electrons. The summed E-state index contributed by atoms with van der Waals surface area (Å²) in [7, 11) is 0. The van der Waals surface area contributed by atoms with Crippen LogP contribution in [0.2, 0.25) is 5.02 Å². The maximum atomic E-state index is 12.9. The first-order valence-electron chi connectivity index (χ1n) is 10.1. The summed E-state index contributed by atoms with van der Waals surface area (Å²) in [5.74, 6) is 0.713. The molecule has 1 atom stereocenters. The lowest BCUT2D eigenvalue weighted by atomic mass is 9.94. The Labute approximate surface area is 172 Å². The summed E-state index contributed by atoms with van der Waals surface area (Å²) >= 11 is 6.16. The van der Waals surface area contributed by atoms with Crippen LogP contribution in [0, 0.1) is 5.92 Å². The van der Waals surface area contributed by atoms with Crippen LogP contribution in [0.15, 0.2) is 48.8 Å². The molecule has 1 aromatic heterocycles. The molecular formula is C22H29ClN4O. The number of benzene rings is 1. The topological polar surface area (TPSA) is 66.0 Å². The first kappa shape index (κ1) is 20.8. The van der Waals surface area contributed by atoms with Gasteiger partial charge in [0.05, 0.1) is 0 Å². The average molecular weight is 401 g/mol. The number of piperidine rings is 1. The first-order valence-corrected chi connectivity index (χ1v) is 10.5. The standard InChI is InChI=1S/C22H29ClN4O/c23-20-3-1-2-19(16-20)21(26-14-8-17-4-10-24-11-5-17)22(28)27-15-9-18-6-12-25-13-7-18/h1-3,6-7,12-13,16-17,21,24,26H,4-5,8-11,14-15H2,(H,27,28). The molecule has 2 aromatic rings. The fourth-order valence-corrected chi connectivity index (χ4v) is 3.83. The lowest BCUT2D eigenvalue weighted by Crippen LogP contribution is -2.39. The number of carbonyl (C=O) groups excluding carboxylic acids is 1. The Balaban J connectivity index is 1.55. The zero-order valence-corrected chi connectivity index (χ0v) is 16.9. The summed E-state index contributed by atoms with van der Waals surface area (Å²) in [6.07, 6.45) is 7.83. The van der Waals surface area contributed by atoms with Crippen LogP contribution in [0.4, 0.5) is 0 Å². The van der Waals surface area contributed by atoms with Crippen molar-refractivity contribution in [1.29, 1.82) is 0 Å². The predicted molar refractivity (Wildman–Crippen MR) is 113 cm³/mol. The van der Waals surface area contributed by atoms with E-state index in [0.717, 1.165) is 49.5 Å². The van der Waals surface area contributed by atoms with Crippen molar-refractivity contribution in [1.82, 2.24) is 20.9 Å². The van der Waals surface area contributed by atoms with E-state index in [1.165, 1.54) is 12.8 Å². The molecule has 1 saturated heterocycles. The smallest absolute Gasteiger partial charge is 0.241 e. The van der Waals surface area contributed by atoms with Crippen LogP contribution >= 0.6 is 11.6 Å². The molecule has 0 bridgehead atoms. The zero-order chi connectivity index (χ0) is 19.6. The van der Waals surface area contributed by atoms with Gasteiger partial charge >= 0.3 is 0 Å². The molecule has 0 saturated carbocycles. The minimum atomic E-state index is -0.391. The van der Waals surface area contributed by atoms with Gasteiger partial charge in [-0.25, -0.2) is 0 Å². The van der Waals surface area contributed by atoms with Gasteiger partial charge in [0.25, 0.3) is 0 Å². The molecule has 3 rings (SSSR count). The summed E-state index contributed by atoms with van der Waals surface area (Å²) < 4.78 is 0. The van der Waals surface area contributed by atoms with Crippen LogP contribution in [0.5, 0.6) is 0 Å². The lowest BCUT2D eigenvalue weighted by molar-refractivity contribution is -0.123. The van der Waals surface area contributed by atoms with Gasteiger partial charge < -0.3 is 16.0 Å². The second-order valence-corrected chi connectivity index (χ2v) is 7.76. The maximum Gasteiger partial charge on any atom is 0.241 e. The second kappa shape index (κ2) is 11.1. The van der Waals surface area contributed by atoms with E-state index < -0.39 is 6.04 Å². The number of nitrogens with zero attached hydrogens (tertiary/aromatic N) is 1. The van der Waals surface area contributed by atoms with Crippen LogP contribution < -0.4 is 16.0 Å². The minimum absolute atomic E-state index is 0.0124. The van der Waals surface area contributed by atoms with Crippen LogP contribution in [-0.4, -0.2) is 37.1 Å². The molecule has 0 aliphatic carbocycles. The number of carbonyl (C=O) groups is 1. The Morgan fingerprint density at radius 3 is 2.71 bits per heavy atom. The van der Waals surface area contributed by atoms with Gasteiger partial charge in [-0.1, -0.05) is 23.7 Å². The van der Waals surface area contributed by atoms with Crippen molar-refractivity contribution in [2.45, 2.75) is 31.7 Å². The Bertz CT molecular complexity index is 734. The molecule has 1 unspecified atom stereocenters. The number of aromatic nitrogens is 1. The van der Waals surface area contributed by atoms with Crippen molar-refractivity contribution in [2.75, 3.05) is 26.2 Å². The van der Waals surface area contributed by atoms with Gasteiger partial charge in [0, 0.05) is 24.0 Å². The van der Waals surface area contributed by atoms with E-state index in [4.69, 9.17) is 11.6 Å². The Hall–Kier alpha value is -1.95. The van der Waals surface area contributed by atoms with Gasteiger partial charge in [-0.15, -0.1) is 0 Å². The monoisotopic (exact) mass is 400 g/mol. The van der Waals surface area contributed by atoms with Crippen molar-refractivity contribution in [3.8, 4) is 0 Å². The van der Waals surface area contributed by atoms with E-state index in [0.29, 0.717) is 11.6 Å². The van der Waals surface area contributed by atoms with Crippen LogP contribution in [-0.2, 0) is 11.2 Å². The lowest BCUT2D eigenvalue weighted by Gasteiger charge is -2.24. The third-order valence-electron chi connectivity index (χ3n) is 5.27. The molecule has 3 N–H and O–H groups in total. The van der Waals surface area contributed by atoms with E-state index in [2.05, 4.69) is 20.9 Å². The summed E-state index contributed by atoms with van der Waals surface area (Å²) in [6.45, 7) is 3.60. The quantitative estimate of drug-likeness (QED) is 0.605. The van der Waals surface area contributed by atoms with Crippen LogP contribution in [0.3, 0.4) is 0 Å². The SMILES string of the molecule is O=C(NCCc1ccncc1)C(NCCC1CCNCC1)c1cccc(Cl)c1. The van der Waals surface area contributed by atoms with Gasteiger partial charge in [-0.3, -0.25) is 9.78 Å². The van der Waals surface area contributed by atoms with E-state index >= 15 is 0 Å². The number of hydrogen-bond acceptors (Lipinski definition) is 4. The normalized spacial score (nSPS) is 15.9. The van der Waals surface area contributed by atoms with Crippen molar-refractivity contribution in [2.24, 2.45) is 5.92 Å². The molecule has 1 aliphatic heterocycles. The number of hydrogen-bond donors (Lipinski definition) is 3. The van der Waals surface area contributed by atoms with E-state index in [1.807, 2.05) is 36.4 Å². The maximum absolute atomic E-state index is 12.9. The van der Waals surface area contributed by atoms with Gasteiger partial charge in [0.15, 0.2) is 0 Å². The third kappa shape index (κ3) is 6.59. The molecule has 2 heterocycles. The molecule has 0 radical (unpaired) electrons. The highest BCUT2D eigenvalue weighted by molar-refractivity contribution is 6.30. The fraction of sp³-hybridized carbons (Fsp3) is 0.455. The molecule has 1 amide bonds. The average Bonchev–Trinajstić information content (AvgIpc) is 2.72.